The summed E-state index contributed by atoms with van der Waals surface area (Å²) in [6, 6.07) is 14.0. The maximum Gasteiger partial charge on any atom is 0.0508 e. The first-order valence-corrected chi connectivity index (χ1v) is 29.3. The molecule has 0 aromatic heterocycles. The van der Waals surface area contributed by atoms with Gasteiger partial charge in [-0.1, -0.05) is 79.1 Å². The van der Waals surface area contributed by atoms with Gasteiger partial charge in [-0.3, -0.25) is 0 Å². The third-order valence-corrected chi connectivity index (χ3v) is 22.7. The second kappa shape index (κ2) is 16.0. The minimum absolute atomic E-state index is 0. The van der Waals surface area contributed by atoms with Gasteiger partial charge in [0.1, 0.15) is 0 Å². The predicted octanol–water partition coefficient (Wildman–Crippen LogP) is 9.86. The number of hydrogen-bond donors (Lipinski definition) is 2. The molecule has 2 aromatic carbocycles. The van der Waals surface area contributed by atoms with Crippen LogP contribution in [0, 0.1) is 23.7 Å². The van der Waals surface area contributed by atoms with Gasteiger partial charge in [-0.15, -0.1) is 22.7 Å². The van der Waals surface area contributed by atoms with Gasteiger partial charge in [0.05, 0.1) is 8.07 Å². The van der Waals surface area contributed by atoms with E-state index < -0.39 is 16.1 Å². The molecule has 2 aromatic rings. The molecule has 4 saturated carbocycles. The van der Waals surface area contributed by atoms with Crippen LogP contribution in [0.5, 0.6) is 0 Å². The van der Waals surface area contributed by atoms with Crippen molar-refractivity contribution in [1.29, 1.82) is 0 Å². The van der Waals surface area contributed by atoms with Gasteiger partial charge in [-0.2, -0.15) is 10.8 Å². The van der Waals surface area contributed by atoms with Crippen LogP contribution in [-0.4, -0.2) is 52.1 Å². The number of hydrogen-bond acceptors (Lipinski definition) is 2. The fraction of sp³-hybridized carbons (Fsp3) is 0.762. The molecule has 0 spiro atoms. The van der Waals surface area contributed by atoms with Crippen LogP contribution in [0.25, 0.3) is 0 Å². The van der Waals surface area contributed by atoms with Gasteiger partial charge in [0, 0.05) is 42.4 Å². The second-order valence-electron chi connectivity index (χ2n) is 19.9. The summed E-state index contributed by atoms with van der Waals surface area (Å²) in [7, 11) is 0.364. The van der Waals surface area contributed by atoms with E-state index in [9.17, 15) is 0 Å². The topological polar surface area (TPSA) is 24.1 Å². The summed E-state index contributed by atoms with van der Waals surface area (Å²) in [6.07, 6.45) is 17.3. The molecule has 8 rings (SSSR count). The average molecular weight is 779 g/mol. The van der Waals surface area contributed by atoms with Crippen LogP contribution in [0.1, 0.15) is 103 Å². The van der Waals surface area contributed by atoms with Crippen molar-refractivity contribution in [2.75, 3.05) is 13.1 Å². The zero-order chi connectivity index (χ0) is 34.5. The van der Waals surface area contributed by atoms with Gasteiger partial charge in [-0.25, -0.2) is 11.3 Å². The summed E-state index contributed by atoms with van der Waals surface area (Å²) < 4.78 is 0. The Morgan fingerprint density at radius 3 is 1.59 bits per heavy atom. The Hall–Kier alpha value is 0.433. The summed E-state index contributed by atoms with van der Waals surface area (Å²) in [5, 5.41) is 12.5. The monoisotopic (exact) mass is 778 g/mol. The minimum Gasteiger partial charge on any atom is -0.748 e. The number of nitrogens with one attached hydrogen (secondary N) is 2. The normalized spacial score (nSPS) is 32.1. The molecule has 282 valence electrons. The molecule has 2 nitrogen and oxygen atoms in total. The third kappa shape index (κ3) is 8.72. The molecule has 0 amide bonds. The first-order chi connectivity index (χ1) is 22.6. The molecular weight excluding hydrogens is 706 g/mol. The Morgan fingerprint density at radius 2 is 1.22 bits per heavy atom. The van der Waals surface area contributed by atoms with E-state index in [1.54, 1.807) is 37.7 Å². The molecule has 49 heavy (non-hydrogen) atoms. The van der Waals surface area contributed by atoms with Gasteiger partial charge in [0.25, 0.3) is 0 Å². The fourth-order valence-corrected chi connectivity index (χ4v) is 21.9. The molecule has 6 fully saturated rings. The van der Waals surface area contributed by atoms with Crippen LogP contribution in [-0.2, 0) is 28.4 Å². The molecule has 2 heterocycles. The molecule has 0 radical (unpaired) electrons. The third-order valence-electron chi connectivity index (χ3n) is 13.3. The summed E-state index contributed by atoms with van der Waals surface area (Å²) >= 11 is 0. The first-order valence-electron chi connectivity index (χ1n) is 20.1. The number of piperidine rings is 2. The summed E-state index contributed by atoms with van der Waals surface area (Å²) in [5.74, 6) is 4.17. The first kappa shape index (κ1) is 40.6. The number of rotatable bonds is 8. The summed E-state index contributed by atoms with van der Waals surface area (Å²) in [4.78, 5) is 0. The molecule has 2 saturated heterocycles. The van der Waals surface area contributed by atoms with Crippen molar-refractivity contribution in [3.05, 3.63) is 47.5 Å². The summed E-state index contributed by atoms with van der Waals surface area (Å²) in [6.45, 7) is 26.3. The van der Waals surface area contributed by atoms with Gasteiger partial charge >= 0.3 is 0 Å². The predicted molar refractivity (Wildman–Crippen MR) is 224 cm³/mol. The smallest absolute Gasteiger partial charge is 0.0508 e. The van der Waals surface area contributed by atoms with E-state index in [1.165, 1.54) is 57.8 Å². The van der Waals surface area contributed by atoms with Crippen molar-refractivity contribution in [3.8, 4) is 0 Å². The van der Waals surface area contributed by atoms with Crippen molar-refractivity contribution in [1.82, 2.24) is 10.6 Å². The SMILES string of the molecule is CC(C)(C)P(C[c-]1c(C(P)(C2CCCCN2)C2CCCCN2)cc([Si](C)(C)C)c1[Si](C)(C)C)C1C2CC3CC(C2)CC1C3.[Fe].[cH-]1[cH-][cH-][cH-][cH-]1. The van der Waals surface area contributed by atoms with E-state index in [-0.39, 0.29) is 30.1 Å². The maximum absolute atomic E-state index is 4.15. The van der Waals surface area contributed by atoms with E-state index in [4.69, 9.17) is 0 Å². The zero-order valence-electron chi connectivity index (χ0n) is 32.8. The molecule has 4 atom stereocenters. The molecule has 2 N–H and O–H groups in total. The van der Waals surface area contributed by atoms with Gasteiger partial charge in [0.15, 0.2) is 0 Å². The Balaban J connectivity index is 0.000000717. The van der Waals surface area contributed by atoms with Crippen molar-refractivity contribution < 1.29 is 17.1 Å². The fourth-order valence-electron chi connectivity index (χ4n) is 11.4. The molecule has 7 heteroatoms. The van der Waals surface area contributed by atoms with Crippen molar-refractivity contribution in [2.24, 2.45) is 23.7 Å². The Labute approximate surface area is 318 Å². The van der Waals surface area contributed by atoms with Crippen molar-refractivity contribution in [2.45, 2.75) is 165 Å². The molecular formula is C42H72FeN2P2Si2-6. The van der Waals surface area contributed by atoms with Crippen LogP contribution in [0.2, 0.25) is 39.3 Å². The van der Waals surface area contributed by atoms with Crippen molar-refractivity contribution >= 4 is 43.7 Å². The largest absolute Gasteiger partial charge is 0.748 e. The van der Waals surface area contributed by atoms with Gasteiger partial charge in [-0.05, 0) is 105 Å². The van der Waals surface area contributed by atoms with E-state index in [2.05, 4.69) is 86.0 Å². The Bertz CT molecular complexity index is 1260. The van der Waals surface area contributed by atoms with Crippen LogP contribution >= 0.6 is 17.2 Å². The molecule has 4 bridgehead atoms. The van der Waals surface area contributed by atoms with Crippen LogP contribution in [0.4, 0.5) is 0 Å². The van der Waals surface area contributed by atoms with E-state index in [0.29, 0.717) is 17.2 Å². The molecule has 2 aliphatic heterocycles. The van der Waals surface area contributed by atoms with E-state index in [1.807, 2.05) is 46.3 Å². The van der Waals surface area contributed by atoms with Crippen LogP contribution < -0.4 is 21.0 Å². The molecule has 4 unspecified atom stereocenters. The van der Waals surface area contributed by atoms with E-state index >= 15 is 0 Å². The van der Waals surface area contributed by atoms with E-state index in [0.717, 1.165) is 29.3 Å². The Morgan fingerprint density at radius 1 is 0.755 bits per heavy atom. The van der Waals surface area contributed by atoms with Crippen LogP contribution in [0.3, 0.4) is 0 Å². The second-order valence-corrected chi connectivity index (χ2v) is 34.1. The molecule has 4 aliphatic carbocycles. The zero-order valence-corrected chi connectivity index (χ0v) is 37.9. The molecule has 6 aliphatic rings. The average Bonchev–Trinajstić information content (AvgIpc) is 3.73. The quantitative estimate of drug-likeness (QED) is 0.159. The summed E-state index contributed by atoms with van der Waals surface area (Å²) in [5.41, 5.74) is 4.67. The van der Waals surface area contributed by atoms with Gasteiger partial charge < -0.3 is 41.0 Å². The maximum atomic E-state index is 4.15. The van der Waals surface area contributed by atoms with Crippen LogP contribution in [0.15, 0.2) is 36.4 Å². The standard InChI is InChI=1S/C37H67N2P2Si2.C5H5.Fe/c1-36(2,3)41(34-27-19-25-18-26(21-27)22-28(34)20-25)24-29-30(23-31(42(4,5)6)35(29)43(7,8)9)37(40,32-14-10-12-16-38-32)33-15-11-13-17-39-33;1-2-4-5-3-1;/h23,25-28,32-34,38-39H,10-22,24,40H2,1-9H3;1-5H;/q-1;-5;. The minimum atomic E-state index is -1.60. The Kier molecular flexibility index (Phi) is 13.3. The van der Waals surface area contributed by atoms with Gasteiger partial charge in [0.2, 0.25) is 0 Å². The van der Waals surface area contributed by atoms with Crippen molar-refractivity contribution in [3.63, 3.8) is 0 Å².